The lowest BCUT2D eigenvalue weighted by Gasteiger charge is -2.32. The van der Waals surface area contributed by atoms with Crippen molar-refractivity contribution in [3.63, 3.8) is 0 Å². The van der Waals surface area contributed by atoms with Crippen molar-refractivity contribution in [2.24, 2.45) is 0 Å². The van der Waals surface area contributed by atoms with Crippen molar-refractivity contribution < 1.29 is 9.31 Å². The van der Waals surface area contributed by atoms with Crippen LogP contribution < -0.4 is 5.59 Å². The molecule has 0 spiro atoms. The van der Waals surface area contributed by atoms with Gasteiger partial charge in [-0.25, -0.2) is 9.97 Å². The van der Waals surface area contributed by atoms with E-state index in [0.717, 1.165) is 22.4 Å². The zero-order valence-corrected chi connectivity index (χ0v) is 19.4. The highest BCUT2D eigenvalue weighted by atomic mass is 16.7. The molecule has 0 saturated carbocycles. The average molecular weight is 434 g/mol. The summed E-state index contributed by atoms with van der Waals surface area (Å²) in [6.07, 6.45) is 0. The van der Waals surface area contributed by atoms with Crippen LogP contribution in [0.25, 0.3) is 33.8 Å². The summed E-state index contributed by atoms with van der Waals surface area (Å²) in [5.74, 6) is 0.657. The van der Waals surface area contributed by atoms with Crippen molar-refractivity contribution in [2.45, 2.75) is 38.9 Å². The second kappa shape index (κ2) is 8.25. The first-order valence-electron chi connectivity index (χ1n) is 11.3. The number of hydrogen-bond acceptors (Lipinski definition) is 4. The Morgan fingerprint density at radius 1 is 0.576 bits per heavy atom. The lowest BCUT2D eigenvalue weighted by Crippen LogP contribution is -2.41. The van der Waals surface area contributed by atoms with Gasteiger partial charge in [-0.3, -0.25) is 0 Å². The monoisotopic (exact) mass is 434 g/mol. The molecule has 0 atom stereocenters. The smallest absolute Gasteiger partial charge is 0.398 e. The average Bonchev–Trinajstić information content (AvgIpc) is 3.07. The number of benzene rings is 3. The highest BCUT2D eigenvalue weighted by molar-refractivity contribution is 6.61. The Labute approximate surface area is 195 Å². The molecule has 33 heavy (non-hydrogen) atoms. The van der Waals surface area contributed by atoms with Crippen LogP contribution in [0.15, 0.2) is 91.0 Å². The minimum absolute atomic E-state index is 0.437. The molecular formula is C28H27BN2O2. The van der Waals surface area contributed by atoms with Crippen molar-refractivity contribution in [1.82, 2.24) is 9.97 Å². The summed E-state index contributed by atoms with van der Waals surface area (Å²) in [6, 6.07) is 30.8. The van der Waals surface area contributed by atoms with Crippen molar-refractivity contribution in [2.75, 3.05) is 0 Å². The maximum Gasteiger partial charge on any atom is 0.514 e. The second-order valence-electron chi connectivity index (χ2n) is 9.40. The minimum atomic E-state index is -0.553. The fraction of sp³-hybridized carbons (Fsp3) is 0.214. The summed E-state index contributed by atoms with van der Waals surface area (Å²) in [5, 5.41) is 0. The van der Waals surface area contributed by atoms with E-state index in [1.165, 1.54) is 11.1 Å². The van der Waals surface area contributed by atoms with Gasteiger partial charge in [0, 0.05) is 11.1 Å². The van der Waals surface area contributed by atoms with E-state index in [1.54, 1.807) is 0 Å². The molecule has 5 heteroatoms. The van der Waals surface area contributed by atoms with E-state index in [0.29, 0.717) is 5.82 Å². The molecule has 1 saturated heterocycles. The maximum atomic E-state index is 6.30. The van der Waals surface area contributed by atoms with Crippen LogP contribution in [0.5, 0.6) is 0 Å². The minimum Gasteiger partial charge on any atom is -0.398 e. The van der Waals surface area contributed by atoms with Crippen molar-refractivity contribution in [3.8, 4) is 33.8 Å². The normalized spacial score (nSPS) is 16.7. The van der Waals surface area contributed by atoms with Crippen LogP contribution in [0.2, 0.25) is 0 Å². The fourth-order valence-corrected chi connectivity index (χ4v) is 3.88. The summed E-state index contributed by atoms with van der Waals surface area (Å²) in [7, 11) is -0.553. The molecule has 0 amide bonds. The van der Waals surface area contributed by atoms with E-state index >= 15 is 0 Å². The van der Waals surface area contributed by atoms with Gasteiger partial charge in [0.1, 0.15) is 0 Å². The molecule has 0 aliphatic carbocycles. The largest absolute Gasteiger partial charge is 0.514 e. The molecule has 0 unspecified atom stereocenters. The third-order valence-corrected chi connectivity index (χ3v) is 6.56. The number of rotatable bonds is 4. The third kappa shape index (κ3) is 4.22. The van der Waals surface area contributed by atoms with E-state index in [4.69, 9.17) is 19.3 Å². The van der Waals surface area contributed by atoms with Gasteiger partial charge < -0.3 is 9.31 Å². The Morgan fingerprint density at radius 3 is 1.64 bits per heavy atom. The number of aromatic nitrogens is 2. The molecule has 4 nitrogen and oxygen atoms in total. The van der Waals surface area contributed by atoms with Gasteiger partial charge in [0.2, 0.25) is 0 Å². The van der Waals surface area contributed by atoms with Crippen LogP contribution in [0, 0.1) is 0 Å². The highest BCUT2D eigenvalue weighted by Gasteiger charge is 2.52. The predicted octanol–water partition coefficient (Wildman–Crippen LogP) is 5.78. The van der Waals surface area contributed by atoms with Crippen LogP contribution in [0.3, 0.4) is 0 Å². The van der Waals surface area contributed by atoms with Crippen LogP contribution in [-0.2, 0) is 9.31 Å². The van der Waals surface area contributed by atoms with Crippen LogP contribution in [0.1, 0.15) is 27.7 Å². The maximum absolute atomic E-state index is 6.30. The Balaban J connectivity index is 1.57. The molecule has 1 aliphatic rings. The van der Waals surface area contributed by atoms with Gasteiger partial charge in [0.05, 0.1) is 22.5 Å². The van der Waals surface area contributed by atoms with Gasteiger partial charge in [-0.15, -0.1) is 0 Å². The van der Waals surface area contributed by atoms with E-state index < -0.39 is 18.3 Å². The molecule has 2 heterocycles. The van der Waals surface area contributed by atoms with Crippen LogP contribution in [-0.4, -0.2) is 28.3 Å². The van der Waals surface area contributed by atoms with Gasteiger partial charge in [-0.2, -0.15) is 0 Å². The van der Waals surface area contributed by atoms with Crippen molar-refractivity contribution >= 4 is 12.7 Å². The quantitative estimate of drug-likeness (QED) is 0.382. The molecule has 1 fully saturated rings. The first kappa shape index (κ1) is 21.6. The van der Waals surface area contributed by atoms with Gasteiger partial charge in [-0.05, 0) is 44.9 Å². The van der Waals surface area contributed by atoms with Gasteiger partial charge in [0.15, 0.2) is 5.82 Å². The zero-order chi connectivity index (χ0) is 23.1. The number of hydrogen-bond donors (Lipinski definition) is 0. The highest BCUT2D eigenvalue weighted by Crippen LogP contribution is 2.36. The van der Waals surface area contributed by atoms with Crippen molar-refractivity contribution in [1.29, 1.82) is 0 Å². The molecule has 1 aliphatic heterocycles. The summed E-state index contributed by atoms with van der Waals surface area (Å²) >= 11 is 0. The molecule has 5 rings (SSSR count). The fourth-order valence-electron chi connectivity index (χ4n) is 3.88. The zero-order valence-electron chi connectivity index (χ0n) is 19.4. The predicted molar refractivity (Wildman–Crippen MR) is 134 cm³/mol. The van der Waals surface area contributed by atoms with E-state index in [9.17, 15) is 0 Å². The summed E-state index contributed by atoms with van der Waals surface area (Å²) in [4.78, 5) is 9.74. The molecule has 0 bridgehead atoms. The topological polar surface area (TPSA) is 44.2 Å². The molecular weight excluding hydrogens is 407 g/mol. The standard InChI is InChI=1S/C28H27BN2O2/c1-27(2)28(3,4)33-29(32-27)25-19-24(30-26(31-25)23-13-9-6-10-14-23)22-17-15-21(16-18-22)20-11-7-5-8-12-20/h5-19H,1-4H3. The Kier molecular flexibility index (Phi) is 5.39. The van der Waals surface area contributed by atoms with E-state index in [1.807, 2.05) is 42.5 Å². The molecule has 1 aromatic heterocycles. The molecule has 3 aromatic carbocycles. The molecule has 0 radical (unpaired) electrons. The second-order valence-corrected chi connectivity index (χ2v) is 9.40. The SMILES string of the molecule is CC1(C)OB(c2cc(-c3ccc(-c4ccccc4)cc3)nc(-c3ccccc3)n2)OC1(C)C. The molecule has 164 valence electrons. The van der Waals surface area contributed by atoms with Crippen molar-refractivity contribution in [3.05, 3.63) is 91.0 Å². The van der Waals surface area contributed by atoms with Gasteiger partial charge in [-0.1, -0.05) is 84.9 Å². The Morgan fingerprint density at radius 2 is 1.06 bits per heavy atom. The lowest BCUT2D eigenvalue weighted by atomic mass is 9.83. The third-order valence-electron chi connectivity index (χ3n) is 6.56. The molecule has 4 aromatic rings. The van der Waals surface area contributed by atoms with Crippen LogP contribution >= 0.6 is 0 Å². The molecule has 0 N–H and O–H groups in total. The Hall–Kier alpha value is -3.28. The summed E-state index contributed by atoms with van der Waals surface area (Å²) < 4.78 is 12.6. The summed E-state index contributed by atoms with van der Waals surface area (Å²) in [5.41, 5.74) is 5.03. The van der Waals surface area contributed by atoms with Gasteiger partial charge in [0.25, 0.3) is 0 Å². The van der Waals surface area contributed by atoms with Gasteiger partial charge >= 0.3 is 7.12 Å². The lowest BCUT2D eigenvalue weighted by molar-refractivity contribution is 0.00578. The van der Waals surface area contributed by atoms with Crippen LogP contribution in [0.4, 0.5) is 0 Å². The summed E-state index contributed by atoms with van der Waals surface area (Å²) in [6.45, 7) is 8.20. The first-order chi connectivity index (χ1) is 15.8. The van der Waals surface area contributed by atoms with E-state index in [-0.39, 0.29) is 0 Å². The first-order valence-corrected chi connectivity index (χ1v) is 11.3. The number of nitrogens with zero attached hydrogens (tertiary/aromatic N) is 2. The Bertz CT molecular complexity index is 1240. The van der Waals surface area contributed by atoms with E-state index in [2.05, 4.69) is 76.2 Å².